The SMILES string of the molecule is CC(C)(C)OC(=O)NCCCCC(NC(=O)c1cccc(-n2cc(CN)nn2)c1)C(=O)COc1c(F)cccc1F. The van der Waals surface area contributed by atoms with Gasteiger partial charge in [-0.3, -0.25) is 9.59 Å². The molecule has 0 fully saturated rings. The molecule has 0 aliphatic heterocycles. The molecule has 1 heterocycles. The van der Waals surface area contributed by atoms with Crippen molar-refractivity contribution in [2.75, 3.05) is 13.2 Å². The van der Waals surface area contributed by atoms with Crippen LogP contribution >= 0.6 is 0 Å². The highest BCUT2D eigenvalue weighted by Gasteiger charge is 2.23. The summed E-state index contributed by atoms with van der Waals surface area (Å²) in [6.07, 6.45) is 2.17. The van der Waals surface area contributed by atoms with Gasteiger partial charge in [-0.2, -0.15) is 0 Å². The van der Waals surface area contributed by atoms with Gasteiger partial charge in [0, 0.05) is 18.7 Å². The van der Waals surface area contributed by atoms with E-state index in [1.165, 1.54) is 10.7 Å². The fourth-order valence-corrected chi connectivity index (χ4v) is 3.71. The van der Waals surface area contributed by atoms with E-state index in [1.807, 2.05) is 0 Å². The number of nitrogens with one attached hydrogen (secondary N) is 2. The Hall–Kier alpha value is -4.39. The zero-order chi connectivity index (χ0) is 30.0. The summed E-state index contributed by atoms with van der Waals surface area (Å²) in [7, 11) is 0. The zero-order valence-corrected chi connectivity index (χ0v) is 23.2. The number of nitrogens with two attached hydrogens (primary N) is 1. The van der Waals surface area contributed by atoms with Gasteiger partial charge in [0.2, 0.25) is 0 Å². The number of amides is 2. The predicted octanol–water partition coefficient (Wildman–Crippen LogP) is 3.45. The molecular weight excluding hydrogens is 538 g/mol. The van der Waals surface area contributed by atoms with E-state index < -0.39 is 53.4 Å². The molecule has 220 valence electrons. The molecular formula is C28H34F2N6O5. The molecule has 11 nitrogen and oxygen atoms in total. The normalized spacial score (nSPS) is 12.0. The van der Waals surface area contributed by atoms with Crippen molar-refractivity contribution in [2.45, 2.75) is 58.2 Å². The largest absolute Gasteiger partial charge is 0.480 e. The van der Waals surface area contributed by atoms with Gasteiger partial charge in [-0.25, -0.2) is 18.3 Å². The van der Waals surface area contributed by atoms with E-state index in [1.54, 1.807) is 51.2 Å². The smallest absolute Gasteiger partial charge is 0.407 e. The molecule has 0 saturated heterocycles. The summed E-state index contributed by atoms with van der Waals surface area (Å²) < 4.78 is 39.8. The first kappa shape index (κ1) is 31.1. The number of rotatable bonds is 13. The van der Waals surface area contributed by atoms with Gasteiger partial charge < -0.3 is 25.8 Å². The second-order valence-electron chi connectivity index (χ2n) is 10.2. The second kappa shape index (κ2) is 14.3. The van der Waals surface area contributed by atoms with Crippen molar-refractivity contribution in [3.63, 3.8) is 0 Å². The molecule has 4 N–H and O–H groups in total. The van der Waals surface area contributed by atoms with E-state index in [2.05, 4.69) is 20.9 Å². The van der Waals surface area contributed by atoms with Gasteiger partial charge in [0.15, 0.2) is 23.2 Å². The average Bonchev–Trinajstić information content (AvgIpc) is 3.40. The molecule has 3 aromatic rings. The highest BCUT2D eigenvalue weighted by atomic mass is 19.1. The lowest BCUT2D eigenvalue weighted by atomic mass is 10.0. The Morgan fingerprint density at radius 2 is 1.78 bits per heavy atom. The van der Waals surface area contributed by atoms with Crippen LogP contribution < -0.4 is 21.1 Å². The van der Waals surface area contributed by atoms with Crippen molar-refractivity contribution < 1.29 is 32.6 Å². The van der Waals surface area contributed by atoms with Crippen LogP contribution in [0.1, 0.15) is 56.1 Å². The maximum absolute atomic E-state index is 14.0. The van der Waals surface area contributed by atoms with E-state index in [0.29, 0.717) is 24.2 Å². The fourth-order valence-electron chi connectivity index (χ4n) is 3.71. The Morgan fingerprint density at radius 1 is 1.07 bits per heavy atom. The number of carbonyl (C=O) groups excluding carboxylic acids is 3. The Balaban J connectivity index is 1.66. The number of halogens is 2. The van der Waals surface area contributed by atoms with E-state index in [0.717, 1.165) is 12.1 Å². The predicted molar refractivity (Wildman–Crippen MR) is 145 cm³/mol. The number of hydrogen-bond donors (Lipinski definition) is 3. The van der Waals surface area contributed by atoms with Gasteiger partial charge in [0.05, 0.1) is 23.6 Å². The summed E-state index contributed by atoms with van der Waals surface area (Å²) in [6, 6.07) is 8.69. The van der Waals surface area contributed by atoms with Gasteiger partial charge in [-0.05, 0) is 70.4 Å². The van der Waals surface area contributed by atoms with Crippen LogP contribution in [0.5, 0.6) is 5.75 Å². The number of ether oxygens (including phenoxy) is 2. The van der Waals surface area contributed by atoms with Crippen molar-refractivity contribution >= 4 is 17.8 Å². The number of unbranched alkanes of at least 4 members (excludes halogenated alkanes) is 1. The molecule has 0 saturated carbocycles. The number of Topliss-reactive ketones (excluding diaryl/α,β-unsaturated/α-hetero) is 1. The topological polar surface area (TPSA) is 150 Å². The molecule has 0 radical (unpaired) electrons. The highest BCUT2D eigenvalue weighted by Crippen LogP contribution is 2.21. The third kappa shape index (κ3) is 9.64. The van der Waals surface area contributed by atoms with Crippen LogP contribution in [-0.4, -0.2) is 57.6 Å². The molecule has 13 heteroatoms. The third-order valence-electron chi connectivity index (χ3n) is 5.68. The quantitative estimate of drug-likeness (QED) is 0.264. The summed E-state index contributed by atoms with van der Waals surface area (Å²) in [6.45, 7) is 5.07. The lowest BCUT2D eigenvalue weighted by molar-refractivity contribution is -0.123. The fraction of sp³-hybridized carbons (Fsp3) is 0.393. The van der Waals surface area contributed by atoms with Gasteiger partial charge in [-0.1, -0.05) is 17.3 Å². The summed E-state index contributed by atoms with van der Waals surface area (Å²) >= 11 is 0. The number of aromatic nitrogens is 3. The number of hydrogen-bond acceptors (Lipinski definition) is 8. The van der Waals surface area contributed by atoms with Crippen molar-refractivity contribution in [1.82, 2.24) is 25.6 Å². The first-order valence-corrected chi connectivity index (χ1v) is 13.1. The van der Waals surface area contributed by atoms with Crippen LogP contribution in [0.25, 0.3) is 5.69 Å². The Bertz CT molecular complexity index is 1340. The Kier molecular flexibility index (Phi) is 10.9. The third-order valence-corrected chi connectivity index (χ3v) is 5.68. The summed E-state index contributed by atoms with van der Waals surface area (Å²) in [5.74, 6) is -3.71. The molecule has 2 aromatic carbocycles. The summed E-state index contributed by atoms with van der Waals surface area (Å²) in [5.41, 5.74) is 6.32. The highest BCUT2D eigenvalue weighted by molar-refractivity contribution is 5.98. The minimum absolute atomic E-state index is 0.187. The molecule has 1 unspecified atom stereocenters. The monoisotopic (exact) mass is 572 g/mol. The van der Waals surface area contributed by atoms with Crippen LogP contribution in [0.15, 0.2) is 48.7 Å². The van der Waals surface area contributed by atoms with Gasteiger partial charge in [-0.15, -0.1) is 5.10 Å². The van der Waals surface area contributed by atoms with Crippen molar-refractivity contribution in [3.8, 4) is 11.4 Å². The van der Waals surface area contributed by atoms with Crippen LogP contribution in [0.3, 0.4) is 0 Å². The van der Waals surface area contributed by atoms with Gasteiger partial charge in [0.1, 0.15) is 12.2 Å². The maximum Gasteiger partial charge on any atom is 0.407 e. The van der Waals surface area contributed by atoms with Crippen LogP contribution in [0.2, 0.25) is 0 Å². The molecule has 2 amide bonds. The van der Waals surface area contributed by atoms with E-state index in [4.69, 9.17) is 15.2 Å². The number of para-hydroxylation sites is 1. The van der Waals surface area contributed by atoms with E-state index in [9.17, 15) is 23.2 Å². The molecule has 1 atom stereocenters. The zero-order valence-electron chi connectivity index (χ0n) is 23.2. The van der Waals surface area contributed by atoms with E-state index >= 15 is 0 Å². The second-order valence-corrected chi connectivity index (χ2v) is 10.2. The lowest BCUT2D eigenvalue weighted by Gasteiger charge is -2.20. The number of ketones is 1. The number of benzene rings is 2. The minimum atomic E-state index is -1.03. The van der Waals surface area contributed by atoms with Crippen molar-refractivity contribution in [1.29, 1.82) is 0 Å². The van der Waals surface area contributed by atoms with Gasteiger partial charge in [0.25, 0.3) is 5.91 Å². The first-order chi connectivity index (χ1) is 19.5. The molecule has 0 bridgehead atoms. The molecule has 0 aliphatic rings. The summed E-state index contributed by atoms with van der Waals surface area (Å²) in [4.78, 5) is 38.0. The Labute approximate surface area is 236 Å². The molecule has 0 aliphatic carbocycles. The summed E-state index contributed by atoms with van der Waals surface area (Å²) in [5, 5.41) is 13.2. The minimum Gasteiger partial charge on any atom is -0.480 e. The van der Waals surface area contributed by atoms with E-state index in [-0.39, 0.29) is 25.1 Å². The van der Waals surface area contributed by atoms with Crippen LogP contribution in [-0.2, 0) is 16.1 Å². The Morgan fingerprint density at radius 3 is 2.44 bits per heavy atom. The van der Waals surface area contributed by atoms with Crippen LogP contribution in [0, 0.1) is 11.6 Å². The van der Waals surface area contributed by atoms with Crippen LogP contribution in [0.4, 0.5) is 13.6 Å². The number of alkyl carbamates (subject to hydrolysis) is 1. The van der Waals surface area contributed by atoms with Gasteiger partial charge >= 0.3 is 6.09 Å². The standard InChI is InChI=1S/C28H34F2N6O5/c1-28(2,3)41-27(39)32-13-5-4-12-23(24(37)17-40-25-21(29)10-7-11-22(25)30)33-26(38)18-8-6-9-20(14-18)36-16-19(15-31)34-35-36/h6-11,14,16,23H,4-5,12-13,15,17,31H2,1-3H3,(H,32,39)(H,33,38). The molecule has 41 heavy (non-hydrogen) atoms. The van der Waals surface area contributed by atoms with Crippen molar-refractivity contribution in [2.24, 2.45) is 5.73 Å². The average molecular weight is 573 g/mol. The van der Waals surface area contributed by atoms with Crippen molar-refractivity contribution in [3.05, 3.63) is 71.6 Å². The molecule has 1 aromatic heterocycles. The lowest BCUT2D eigenvalue weighted by Crippen LogP contribution is -2.43. The maximum atomic E-state index is 14.0. The number of nitrogens with zero attached hydrogens (tertiary/aromatic N) is 3. The number of carbonyl (C=O) groups is 3. The molecule has 0 spiro atoms. The molecule has 3 rings (SSSR count). The first-order valence-electron chi connectivity index (χ1n) is 13.1.